The highest BCUT2D eigenvalue weighted by Crippen LogP contribution is 2.28. The lowest BCUT2D eigenvalue weighted by molar-refractivity contribution is 0.225. The van der Waals surface area contributed by atoms with Crippen LogP contribution in [0.5, 0.6) is 0 Å². The van der Waals surface area contributed by atoms with Gasteiger partial charge in [-0.15, -0.1) is 0 Å². The van der Waals surface area contributed by atoms with Crippen molar-refractivity contribution in [3.63, 3.8) is 0 Å². The van der Waals surface area contributed by atoms with Crippen LogP contribution in [0.15, 0.2) is 18.2 Å². The van der Waals surface area contributed by atoms with Crippen LogP contribution in [-0.2, 0) is 20.1 Å². The number of rotatable bonds is 5. The lowest BCUT2D eigenvalue weighted by atomic mass is 9.71. The van der Waals surface area contributed by atoms with Crippen molar-refractivity contribution in [2.24, 2.45) is 0 Å². The maximum absolute atomic E-state index is 5.78. The predicted molar refractivity (Wildman–Crippen MR) is 92.5 cm³/mol. The lowest BCUT2D eigenvalue weighted by Crippen LogP contribution is -2.38. The Balaban J connectivity index is 3.36. The molecule has 1 aromatic rings. The van der Waals surface area contributed by atoms with Gasteiger partial charge in [-0.05, 0) is 41.3 Å². The molecule has 0 saturated heterocycles. The predicted octanol–water partition coefficient (Wildman–Crippen LogP) is 4.05. The summed E-state index contributed by atoms with van der Waals surface area (Å²) in [6, 6.07) is 6.77. The Bertz CT molecular complexity index is 417. The third-order valence-electron chi connectivity index (χ3n) is 3.60. The summed E-state index contributed by atoms with van der Waals surface area (Å²) in [7, 11) is -0.275. The Morgan fingerprint density at radius 3 is 1.43 bits per heavy atom. The van der Waals surface area contributed by atoms with Crippen molar-refractivity contribution in [2.45, 2.75) is 66.2 Å². The van der Waals surface area contributed by atoms with Gasteiger partial charge in [0.25, 0.3) is 0 Å². The van der Waals surface area contributed by atoms with Gasteiger partial charge in [0.2, 0.25) is 0 Å². The van der Waals surface area contributed by atoms with Crippen LogP contribution in [0, 0.1) is 0 Å². The van der Waals surface area contributed by atoms with Crippen molar-refractivity contribution < 1.29 is 9.31 Å². The summed E-state index contributed by atoms with van der Waals surface area (Å²) in [5.74, 6) is 0. The molecular formula is C18H31BO2. The zero-order chi connectivity index (χ0) is 16.3. The molecule has 0 amide bonds. The summed E-state index contributed by atoms with van der Waals surface area (Å²) in [5.41, 5.74) is 4.00. The molecule has 0 radical (unpaired) electrons. The Kier molecular flexibility index (Phi) is 6.06. The minimum atomic E-state index is -0.275. The van der Waals surface area contributed by atoms with Gasteiger partial charge in [0.1, 0.15) is 0 Å². The van der Waals surface area contributed by atoms with Crippen LogP contribution >= 0.6 is 0 Å². The van der Waals surface area contributed by atoms with Crippen LogP contribution in [0.25, 0.3) is 0 Å². The standard InChI is InChI=1S/C18H31BO2/c1-9-20-19(21-10-2)16-12-14(17(3,4)5)11-15(13-16)18(6,7)8/h11-13H,9-10H2,1-8H3. The topological polar surface area (TPSA) is 18.5 Å². The summed E-state index contributed by atoms with van der Waals surface area (Å²) < 4.78 is 11.6. The molecule has 0 fully saturated rings. The van der Waals surface area contributed by atoms with Crippen molar-refractivity contribution in [2.75, 3.05) is 13.2 Å². The smallest absolute Gasteiger partial charge is 0.408 e. The van der Waals surface area contributed by atoms with Gasteiger partial charge in [0, 0.05) is 13.2 Å². The molecule has 21 heavy (non-hydrogen) atoms. The molecule has 0 aliphatic rings. The molecule has 2 nitrogen and oxygen atoms in total. The van der Waals surface area contributed by atoms with Crippen LogP contribution in [-0.4, -0.2) is 20.3 Å². The van der Waals surface area contributed by atoms with Crippen molar-refractivity contribution in [1.29, 1.82) is 0 Å². The summed E-state index contributed by atoms with van der Waals surface area (Å²) in [6.45, 7) is 18.8. The summed E-state index contributed by atoms with van der Waals surface area (Å²) in [4.78, 5) is 0. The molecule has 0 aliphatic heterocycles. The maximum Gasteiger partial charge on any atom is 0.493 e. The second kappa shape index (κ2) is 6.98. The van der Waals surface area contributed by atoms with Crippen LogP contribution in [0.3, 0.4) is 0 Å². The molecule has 0 unspecified atom stereocenters. The van der Waals surface area contributed by atoms with E-state index in [2.05, 4.69) is 59.7 Å². The molecule has 0 aliphatic carbocycles. The fraction of sp³-hybridized carbons (Fsp3) is 0.667. The van der Waals surface area contributed by atoms with Gasteiger partial charge in [-0.2, -0.15) is 0 Å². The highest BCUT2D eigenvalue weighted by Gasteiger charge is 2.26. The SMILES string of the molecule is CCOB(OCC)c1cc(C(C)(C)C)cc(C(C)(C)C)c1. The fourth-order valence-electron chi connectivity index (χ4n) is 2.20. The third kappa shape index (κ3) is 5.16. The molecule has 0 atom stereocenters. The highest BCUT2D eigenvalue weighted by atomic mass is 16.6. The summed E-state index contributed by atoms with van der Waals surface area (Å²) in [5, 5.41) is 0. The van der Waals surface area contributed by atoms with Gasteiger partial charge in [-0.3, -0.25) is 0 Å². The van der Waals surface area contributed by atoms with Gasteiger partial charge in [-0.25, -0.2) is 0 Å². The normalized spacial score (nSPS) is 12.6. The zero-order valence-corrected chi connectivity index (χ0v) is 15.0. The maximum atomic E-state index is 5.78. The molecule has 0 bridgehead atoms. The first-order valence-corrected chi connectivity index (χ1v) is 7.98. The molecule has 0 heterocycles. The molecule has 1 rings (SSSR count). The van der Waals surface area contributed by atoms with E-state index in [9.17, 15) is 0 Å². The van der Waals surface area contributed by atoms with Gasteiger partial charge >= 0.3 is 7.12 Å². The molecule has 1 aromatic carbocycles. The number of hydrogen-bond donors (Lipinski definition) is 0. The Morgan fingerprint density at radius 1 is 0.762 bits per heavy atom. The quantitative estimate of drug-likeness (QED) is 0.762. The highest BCUT2D eigenvalue weighted by molar-refractivity contribution is 6.61. The van der Waals surface area contributed by atoms with Crippen LogP contribution in [0.4, 0.5) is 0 Å². The van der Waals surface area contributed by atoms with Crippen LogP contribution in [0.2, 0.25) is 0 Å². The average molecular weight is 290 g/mol. The molecule has 3 heteroatoms. The van der Waals surface area contributed by atoms with E-state index in [0.29, 0.717) is 13.2 Å². The third-order valence-corrected chi connectivity index (χ3v) is 3.60. The molecule has 0 spiro atoms. The van der Waals surface area contributed by atoms with Crippen molar-refractivity contribution in [3.8, 4) is 0 Å². The van der Waals surface area contributed by atoms with Crippen LogP contribution < -0.4 is 5.46 Å². The van der Waals surface area contributed by atoms with Crippen molar-refractivity contribution in [1.82, 2.24) is 0 Å². The Labute approximate surface area is 131 Å². The van der Waals surface area contributed by atoms with E-state index in [-0.39, 0.29) is 17.9 Å². The van der Waals surface area contributed by atoms with Gasteiger partial charge in [0.15, 0.2) is 0 Å². The summed E-state index contributed by atoms with van der Waals surface area (Å²) >= 11 is 0. The Morgan fingerprint density at radius 2 is 1.14 bits per heavy atom. The summed E-state index contributed by atoms with van der Waals surface area (Å²) in [6.07, 6.45) is 0. The minimum absolute atomic E-state index is 0.110. The van der Waals surface area contributed by atoms with Gasteiger partial charge < -0.3 is 9.31 Å². The second-order valence-corrected chi connectivity index (χ2v) is 7.59. The largest absolute Gasteiger partial charge is 0.493 e. The van der Waals surface area contributed by atoms with Crippen molar-refractivity contribution >= 4 is 12.6 Å². The minimum Gasteiger partial charge on any atom is -0.408 e. The van der Waals surface area contributed by atoms with E-state index >= 15 is 0 Å². The second-order valence-electron chi connectivity index (χ2n) is 7.59. The monoisotopic (exact) mass is 290 g/mol. The lowest BCUT2D eigenvalue weighted by Gasteiger charge is -2.27. The van der Waals surface area contributed by atoms with Crippen molar-refractivity contribution in [3.05, 3.63) is 29.3 Å². The molecule has 0 N–H and O–H groups in total. The number of benzene rings is 1. The average Bonchev–Trinajstić information content (AvgIpc) is 2.36. The fourth-order valence-corrected chi connectivity index (χ4v) is 2.20. The Hall–Kier alpha value is -0.795. The molecular weight excluding hydrogens is 259 g/mol. The van der Waals surface area contributed by atoms with Gasteiger partial charge in [0.05, 0.1) is 0 Å². The first-order valence-electron chi connectivity index (χ1n) is 7.98. The first kappa shape index (κ1) is 18.3. The first-order chi connectivity index (χ1) is 9.59. The zero-order valence-electron chi connectivity index (χ0n) is 15.0. The molecule has 0 aromatic heterocycles. The van der Waals surface area contributed by atoms with E-state index in [1.807, 2.05) is 13.8 Å². The molecule has 0 saturated carbocycles. The number of hydrogen-bond acceptors (Lipinski definition) is 2. The van der Waals surface area contributed by atoms with E-state index < -0.39 is 0 Å². The molecule has 118 valence electrons. The van der Waals surface area contributed by atoms with Gasteiger partial charge in [-0.1, -0.05) is 59.7 Å². The van der Waals surface area contributed by atoms with Crippen LogP contribution in [0.1, 0.15) is 66.5 Å². The van der Waals surface area contributed by atoms with E-state index in [1.165, 1.54) is 11.1 Å². The van der Waals surface area contributed by atoms with E-state index in [4.69, 9.17) is 9.31 Å². The van der Waals surface area contributed by atoms with E-state index in [0.717, 1.165) is 5.46 Å². The van der Waals surface area contributed by atoms with E-state index in [1.54, 1.807) is 0 Å².